The summed E-state index contributed by atoms with van der Waals surface area (Å²) in [7, 11) is 1.57. The third kappa shape index (κ3) is 4.30. The van der Waals surface area contributed by atoms with Gasteiger partial charge in [0.25, 0.3) is 0 Å². The van der Waals surface area contributed by atoms with Crippen LogP contribution in [0.1, 0.15) is 50.6 Å². The summed E-state index contributed by atoms with van der Waals surface area (Å²) in [6, 6.07) is 1.75. The molecule has 0 amide bonds. The molecule has 0 bridgehead atoms. The highest BCUT2D eigenvalue weighted by molar-refractivity contribution is 5.82. The van der Waals surface area contributed by atoms with Crippen LogP contribution in [0.2, 0.25) is 0 Å². The molecule has 4 nitrogen and oxygen atoms in total. The standard InChI is InChI=1S/C15H22N2O2/c1-19-15-10-13(16-11-17-15)9-14(18)12-7-5-3-2-4-6-8-12/h10-12H,2-9H2,1H3. The molecule has 1 fully saturated rings. The molecule has 0 spiro atoms. The van der Waals surface area contributed by atoms with Crippen molar-refractivity contribution in [3.63, 3.8) is 0 Å². The zero-order valence-corrected chi connectivity index (χ0v) is 11.6. The lowest BCUT2D eigenvalue weighted by molar-refractivity contribution is -0.122. The normalized spacial score (nSPS) is 17.5. The van der Waals surface area contributed by atoms with E-state index in [-0.39, 0.29) is 5.92 Å². The van der Waals surface area contributed by atoms with Crippen molar-refractivity contribution in [2.45, 2.75) is 51.4 Å². The van der Waals surface area contributed by atoms with Gasteiger partial charge in [0.1, 0.15) is 12.1 Å². The van der Waals surface area contributed by atoms with Gasteiger partial charge in [-0.15, -0.1) is 0 Å². The van der Waals surface area contributed by atoms with Crippen LogP contribution in [-0.4, -0.2) is 22.9 Å². The number of nitrogens with zero attached hydrogens (tertiary/aromatic N) is 2. The summed E-state index contributed by atoms with van der Waals surface area (Å²) < 4.78 is 5.06. The van der Waals surface area contributed by atoms with Crippen LogP contribution in [-0.2, 0) is 11.2 Å². The first kappa shape index (κ1) is 14.0. The molecule has 2 rings (SSSR count). The third-order valence-corrected chi connectivity index (χ3v) is 3.82. The van der Waals surface area contributed by atoms with Crippen molar-refractivity contribution in [1.29, 1.82) is 0 Å². The van der Waals surface area contributed by atoms with Crippen molar-refractivity contribution < 1.29 is 9.53 Å². The fraction of sp³-hybridized carbons (Fsp3) is 0.667. The lowest BCUT2D eigenvalue weighted by Crippen LogP contribution is -2.18. The first-order valence-electron chi connectivity index (χ1n) is 7.17. The number of hydrogen-bond donors (Lipinski definition) is 0. The number of carbonyl (C=O) groups excluding carboxylic acids is 1. The van der Waals surface area contributed by atoms with Crippen LogP contribution in [0.5, 0.6) is 5.88 Å². The molecule has 104 valence electrons. The number of ether oxygens (including phenoxy) is 1. The molecule has 4 heteroatoms. The van der Waals surface area contributed by atoms with Gasteiger partial charge < -0.3 is 4.74 Å². The molecule has 0 saturated heterocycles. The Hall–Kier alpha value is -1.45. The molecular weight excluding hydrogens is 240 g/mol. The average Bonchev–Trinajstić information content (AvgIpc) is 2.38. The van der Waals surface area contributed by atoms with Crippen LogP contribution in [0.3, 0.4) is 0 Å². The molecule has 1 aliphatic carbocycles. The minimum Gasteiger partial charge on any atom is -0.481 e. The van der Waals surface area contributed by atoms with E-state index >= 15 is 0 Å². The fourth-order valence-corrected chi connectivity index (χ4v) is 2.69. The first-order valence-corrected chi connectivity index (χ1v) is 7.17. The Morgan fingerprint density at radius 2 is 1.89 bits per heavy atom. The van der Waals surface area contributed by atoms with E-state index < -0.39 is 0 Å². The van der Waals surface area contributed by atoms with Gasteiger partial charge in [-0.1, -0.05) is 32.1 Å². The van der Waals surface area contributed by atoms with E-state index in [1.54, 1.807) is 13.2 Å². The highest BCUT2D eigenvalue weighted by atomic mass is 16.5. The topological polar surface area (TPSA) is 52.1 Å². The summed E-state index contributed by atoms with van der Waals surface area (Å²) in [5.74, 6) is 1.07. The summed E-state index contributed by atoms with van der Waals surface area (Å²) in [5.41, 5.74) is 0.763. The van der Waals surface area contributed by atoms with Crippen LogP contribution in [0.4, 0.5) is 0 Å². The number of rotatable bonds is 4. The summed E-state index contributed by atoms with van der Waals surface area (Å²) in [6.07, 6.45) is 10.2. The number of Topliss-reactive ketones (excluding diaryl/α,β-unsaturated/α-hetero) is 1. The molecule has 1 saturated carbocycles. The molecule has 1 aromatic heterocycles. The number of carbonyl (C=O) groups is 1. The molecule has 0 aromatic carbocycles. The van der Waals surface area contributed by atoms with Crippen LogP contribution >= 0.6 is 0 Å². The predicted octanol–water partition coefficient (Wildman–Crippen LogP) is 2.96. The Bertz CT molecular complexity index is 412. The molecule has 19 heavy (non-hydrogen) atoms. The third-order valence-electron chi connectivity index (χ3n) is 3.82. The van der Waals surface area contributed by atoms with Gasteiger partial charge in [0.2, 0.25) is 5.88 Å². The van der Waals surface area contributed by atoms with E-state index in [2.05, 4.69) is 9.97 Å². The summed E-state index contributed by atoms with van der Waals surface area (Å²) in [5, 5.41) is 0. The maximum atomic E-state index is 12.3. The number of ketones is 1. The zero-order chi connectivity index (χ0) is 13.5. The highest BCUT2D eigenvalue weighted by Gasteiger charge is 2.20. The number of hydrogen-bond acceptors (Lipinski definition) is 4. The van der Waals surface area contributed by atoms with Crippen molar-refractivity contribution in [2.24, 2.45) is 5.92 Å². The minimum atomic E-state index is 0.223. The van der Waals surface area contributed by atoms with Crippen LogP contribution < -0.4 is 4.74 Å². The van der Waals surface area contributed by atoms with E-state index in [4.69, 9.17) is 4.74 Å². The van der Waals surface area contributed by atoms with Crippen molar-refractivity contribution in [3.8, 4) is 5.88 Å². The highest BCUT2D eigenvalue weighted by Crippen LogP contribution is 2.24. The zero-order valence-electron chi connectivity index (χ0n) is 11.6. The van der Waals surface area contributed by atoms with E-state index in [1.807, 2.05) is 0 Å². The Morgan fingerprint density at radius 1 is 1.21 bits per heavy atom. The molecular formula is C15H22N2O2. The molecule has 0 atom stereocenters. The predicted molar refractivity (Wildman–Crippen MR) is 73.1 cm³/mol. The van der Waals surface area contributed by atoms with Gasteiger partial charge in [-0.25, -0.2) is 9.97 Å². The molecule has 0 aliphatic heterocycles. The quantitative estimate of drug-likeness (QED) is 0.837. The van der Waals surface area contributed by atoms with E-state index in [1.165, 1.54) is 38.4 Å². The van der Waals surface area contributed by atoms with Crippen LogP contribution in [0.25, 0.3) is 0 Å². The second kappa shape index (κ2) is 7.22. The van der Waals surface area contributed by atoms with Gasteiger partial charge in [-0.2, -0.15) is 0 Å². The maximum Gasteiger partial charge on any atom is 0.216 e. The van der Waals surface area contributed by atoms with Gasteiger partial charge in [0.05, 0.1) is 12.8 Å². The Kier molecular flexibility index (Phi) is 5.31. The molecule has 0 radical (unpaired) electrons. The SMILES string of the molecule is COc1cc(CC(=O)C2CCCCCCC2)ncn1. The van der Waals surface area contributed by atoms with Gasteiger partial charge in [-0.05, 0) is 12.8 Å². The summed E-state index contributed by atoms with van der Waals surface area (Å²) in [6.45, 7) is 0. The van der Waals surface area contributed by atoms with Gasteiger partial charge in [0, 0.05) is 18.4 Å². The van der Waals surface area contributed by atoms with E-state index in [0.717, 1.165) is 18.5 Å². The average molecular weight is 262 g/mol. The molecule has 1 aliphatic rings. The van der Waals surface area contributed by atoms with Gasteiger partial charge in [-0.3, -0.25) is 4.79 Å². The fourth-order valence-electron chi connectivity index (χ4n) is 2.69. The molecule has 0 unspecified atom stereocenters. The smallest absolute Gasteiger partial charge is 0.216 e. The minimum absolute atomic E-state index is 0.223. The van der Waals surface area contributed by atoms with Crippen molar-refractivity contribution in [3.05, 3.63) is 18.1 Å². The number of aromatic nitrogens is 2. The summed E-state index contributed by atoms with van der Waals surface area (Å²) >= 11 is 0. The first-order chi connectivity index (χ1) is 9.29. The Labute approximate surface area is 114 Å². The number of methoxy groups -OCH3 is 1. The summed E-state index contributed by atoms with van der Waals surface area (Å²) in [4.78, 5) is 20.4. The monoisotopic (exact) mass is 262 g/mol. The molecule has 0 N–H and O–H groups in total. The van der Waals surface area contributed by atoms with E-state index in [9.17, 15) is 4.79 Å². The second-order valence-electron chi connectivity index (χ2n) is 5.24. The van der Waals surface area contributed by atoms with Gasteiger partial charge in [0.15, 0.2) is 0 Å². The second-order valence-corrected chi connectivity index (χ2v) is 5.24. The van der Waals surface area contributed by atoms with Crippen LogP contribution in [0.15, 0.2) is 12.4 Å². The van der Waals surface area contributed by atoms with E-state index in [0.29, 0.717) is 18.1 Å². The Morgan fingerprint density at radius 3 is 2.58 bits per heavy atom. The lowest BCUT2D eigenvalue weighted by atomic mass is 9.86. The van der Waals surface area contributed by atoms with Gasteiger partial charge >= 0.3 is 0 Å². The molecule has 1 heterocycles. The van der Waals surface area contributed by atoms with Crippen molar-refractivity contribution in [2.75, 3.05) is 7.11 Å². The molecule has 1 aromatic rings. The maximum absolute atomic E-state index is 12.3. The Balaban J connectivity index is 1.94. The van der Waals surface area contributed by atoms with Crippen LogP contribution in [0, 0.1) is 5.92 Å². The van der Waals surface area contributed by atoms with Crippen molar-refractivity contribution >= 4 is 5.78 Å². The largest absolute Gasteiger partial charge is 0.481 e. The van der Waals surface area contributed by atoms with Crippen molar-refractivity contribution in [1.82, 2.24) is 9.97 Å². The lowest BCUT2D eigenvalue weighted by Gasteiger charge is -2.18.